The number of ether oxygens (including phenoxy) is 2. The molecule has 0 bridgehead atoms. The quantitative estimate of drug-likeness (QED) is 0.569. The van der Waals surface area contributed by atoms with E-state index in [-0.39, 0.29) is 25.7 Å². The lowest BCUT2D eigenvalue weighted by Gasteiger charge is -2.17. The molecule has 0 atom stereocenters. The first-order valence-electron chi connectivity index (χ1n) is 9.13. The summed E-state index contributed by atoms with van der Waals surface area (Å²) in [6.45, 7) is 2.56. The zero-order valence-corrected chi connectivity index (χ0v) is 16.4. The molecule has 0 saturated carbocycles. The number of carbonyl (C=O) groups excluding carboxylic acids is 2. The van der Waals surface area contributed by atoms with Crippen LogP contribution in [0.4, 0.5) is 0 Å². The van der Waals surface area contributed by atoms with Crippen molar-refractivity contribution < 1.29 is 19.1 Å². The van der Waals surface area contributed by atoms with Crippen LogP contribution in [0.2, 0.25) is 5.02 Å². The maximum Gasteiger partial charge on any atom is 0.337 e. The fraction of sp³-hybridized carbons (Fsp3) is 0.273. The van der Waals surface area contributed by atoms with Gasteiger partial charge in [0.25, 0.3) is 0 Å². The number of carbonyl (C=O) groups is 2. The van der Waals surface area contributed by atoms with Crippen molar-refractivity contribution >= 4 is 29.6 Å². The monoisotopic (exact) mass is 399 g/mol. The average Bonchev–Trinajstić information content (AvgIpc) is 2.70. The Labute approximate surface area is 169 Å². The van der Waals surface area contributed by atoms with Crippen molar-refractivity contribution in [3.05, 3.63) is 69.8 Å². The van der Waals surface area contributed by atoms with Gasteiger partial charge in [0.2, 0.25) is 5.91 Å². The number of esters is 1. The van der Waals surface area contributed by atoms with E-state index in [0.29, 0.717) is 29.2 Å². The lowest BCUT2D eigenvalue weighted by molar-refractivity contribution is -0.139. The minimum Gasteiger partial charge on any atom is -0.488 e. The molecular formula is C22H22ClNO4. The van der Waals surface area contributed by atoms with Gasteiger partial charge in [0, 0.05) is 17.0 Å². The Hall–Kier alpha value is -2.79. The minimum atomic E-state index is -0.459. The molecule has 146 valence electrons. The topological polar surface area (TPSA) is 64.6 Å². The highest BCUT2D eigenvalue weighted by Crippen LogP contribution is 2.29. The number of rotatable bonds is 7. The SMILES string of the molecule is Cc1ccc(CCC(=O)NCCOC(=O)C2=Cc3cc(Cl)ccc3OC2)cc1. The Kier molecular flexibility index (Phi) is 6.71. The zero-order valence-electron chi connectivity index (χ0n) is 15.7. The van der Waals surface area contributed by atoms with Gasteiger partial charge in [-0.1, -0.05) is 41.4 Å². The predicted octanol–water partition coefficient (Wildman–Crippen LogP) is 3.72. The second kappa shape index (κ2) is 9.42. The van der Waals surface area contributed by atoms with Gasteiger partial charge in [-0.05, 0) is 43.2 Å². The Morgan fingerprint density at radius 1 is 1.18 bits per heavy atom. The Morgan fingerprint density at radius 2 is 1.96 bits per heavy atom. The Bertz CT molecular complexity index is 890. The summed E-state index contributed by atoms with van der Waals surface area (Å²) in [5.74, 6) is 0.154. The fourth-order valence-corrected chi connectivity index (χ4v) is 2.97. The van der Waals surface area contributed by atoms with E-state index in [9.17, 15) is 9.59 Å². The summed E-state index contributed by atoms with van der Waals surface area (Å²) in [4.78, 5) is 24.1. The summed E-state index contributed by atoms with van der Waals surface area (Å²) < 4.78 is 10.8. The van der Waals surface area contributed by atoms with E-state index in [2.05, 4.69) is 5.32 Å². The largest absolute Gasteiger partial charge is 0.488 e. The van der Waals surface area contributed by atoms with Gasteiger partial charge in [0.1, 0.15) is 19.0 Å². The van der Waals surface area contributed by atoms with Crippen molar-refractivity contribution in [1.29, 1.82) is 0 Å². The summed E-state index contributed by atoms with van der Waals surface area (Å²) in [5.41, 5.74) is 3.48. The van der Waals surface area contributed by atoms with Crippen molar-refractivity contribution in [2.75, 3.05) is 19.8 Å². The van der Waals surface area contributed by atoms with Crippen LogP contribution in [0, 0.1) is 6.92 Å². The van der Waals surface area contributed by atoms with Gasteiger partial charge >= 0.3 is 5.97 Å². The van der Waals surface area contributed by atoms with E-state index < -0.39 is 5.97 Å². The van der Waals surface area contributed by atoms with Crippen molar-refractivity contribution in [3.8, 4) is 5.75 Å². The zero-order chi connectivity index (χ0) is 19.9. The van der Waals surface area contributed by atoms with Gasteiger partial charge in [0.05, 0.1) is 12.1 Å². The number of hydrogen-bond acceptors (Lipinski definition) is 4. The van der Waals surface area contributed by atoms with Crippen molar-refractivity contribution in [1.82, 2.24) is 5.32 Å². The van der Waals surface area contributed by atoms with Crippen molar-refractivity contribution in [3.63, 3.8) is 0 Å². The molecule has 1 aliphatic rings. The molecule has 1 N–H and O–H groups in total. The van der Waals surface area contributed by atoms with Crippen LogP contribution in [0.15, 0.2) is 48.0 Å². The standard InChI is InChI=1S/C22H22ClNO4/c1-15-2-4-16(5-3-15)6-9-21(25)24-10-11-27-22(26)18-12-17-13-19(23)7-8-20(17)28-14-18/h2-5,7-8,12-13H,6,9-11,14H2,1H3,(H,24,25). The predicted molar refractivity (Wildman–Crippen MR) is 108 cm³/mol. The lowest BCUT2D eigenvalue weighted by Crippen LogP contribution is -2.29. The van der Waals surface area contributed by atoms with Gasteiger partial charge < -0.3 is 14.8 Å². The molecule has 0 spiro atoms. The number of nitrogens with one attached hydrogen (secondary N) is 1. The van der Waals surface area contributed by atoms with E-state index in [1.165, 1.54) is 5.56 Å². The molecule has 1 amide bonds. The molecule has 2 aromatic carbocycles. The highest BCUT2D eigenvalue weighted by molar-refractivity contribution is 6.30. The lowest BCUT2D eigenvalue weighted by atomic mass is 10.1. The number of halogens is 1. The number of hydrogen-bond donors (Lipinski definition) is 1. The molecule has 0 saturated heterocycles. The van der Waals surface area contributed by atoms with Crippen LogP contribution in [0.5, 0.6) is 5.75 Å². The van der Waals surface area contributed by atoms with Crippen LogP contribution in [-0.2, 0) is 20.7 Å². The molecule has 6 heteroatoms. The van der Waals surface area contributed by atoms with E-state index in [1.54, 1.807) is 24.3 Å². The number of benzene rings is 2. The van der Waals surface area contributed by atoms with E-state index in [0.717, 1.165) is 11.1 Å². The summed E-state index contributed by atoms with van der Waals surface area (Å²) in [7, 11) is 0. The normalized spacial score (nSPS) is 12.4. The Morgan fingerprint density at radius 3 is 2.75 bits per heavy atom. The summed E-state index contributed by atoms with van der Waals surface area (Å²) in [6, 6.07) is 13.3. The summed E-state index contributed by atoms with van der Waals surface area (Å²) in [6.07, 6.45) is 2.79. The van der Waals surface area contributed by atoms with Crippen LogP contribution >= 0.6 is 11.6 Å². The molecule has 2 aromatic rings. The molecule has 0 aliphatic carbocycles. The Balaban J connectivity index is 1.38. The fourth-order valence-electron chi connectivity index (χ4n) is 2.79. The summed E-state index contributed by atoms with van der Waals surface area (Å²) in [5, 5.41) is 3.33. The van der Waals surface area contributed by atoms with Gasteiger partial charge in [-0.25, -0.2) is 4.79 Å². The molecule has 0 aromatic heterocycles. The molecule has 3 rings (SSSR count). The molecule has 1 heterocycles. The third-order valence-electron chi connectivity index (χ3n) is 4.37. The maximum atomic E-state index is 12.2. The molecule has 5 nitrogen and oxygen atoms in total. The van der Waals surface area contributed by atoms with Crippen LogP contribution in [-0.4, -0.2) is 31.6 Å². The highest BCUT2D eigenvalue weighted by Gasteiger charge is 2.18. The summed E-state index contributed by atoms with van der Waals surface area (Å²) >= 11 is 5.97. The van der Waals surface area contributed by atoms with E-state index >= 15 is 0 Å². The second-order valence-electron chi connectivity index (χ2n) is 6.61. The first-order chi connectivity index (χ1) is 13.5. The van der Waals surface area contributed by atoms with Crippen molar-refractivity contribution in [2.45, 2.75) is 19.8 Å². The highest BCUT2D eigenvalue weighted by atomic mass is 35.5. The van der Waals surface area contributed by atoms with Crippen LogP contribution in [0.25, 0.3) is 6.08 Å². The number of aryl methyl sites for hydroxylation is 2. The third-order valence-corrected chi connectivity index (χ3v) is 4.60. The van der Waals surface area contributed by atoms with Gasteiger partial charge in [0.15, 0.2) is 0 Å². The first-order valence-corrected chi connectivity index (χ1v) is 9.51. The molecule has 0 fully saturated rings. The van der Waals surface area contributed by atoms with Crippen LogP contribution in [0.1, 0.15) is 23.1 Å². The number of amides is 1. The first kappa shape index (κ1) is 20.0. The molecule has 28 heavy (non-hydrogen) atoms. The molecule has 0 unspecified atom stereocenters. The van der Waals surface area contributed by atoms with Crippen LogP contribution < -0.4 is 10.1 Å². The maximum absolute atomic E-state index is 12.2. The van der Waals surface area contributed by atoms with Crippen LogP contribution in [0.3, 0.4) is 0 Å². The minimum absolute atomic E-state index is 0.0691. The third kappa shape index (κ3) is 5.60. The van der Waals surface area contributed by atoms with E-state index in [1.807, 2.05) is 31.2 Å². The average molecular weight is 400 g/mol. The van der Waals surface area contributed by atoms with Crippen molar-refractivity contribution in [2.24, 2.45) is 0 Å². The van der Waals surface area contributed by atoms with E-state index in [4.69, 9.17) is 21.1 Å². The van der Waals surface area contributed by atoms with Gasteiger partial charge in [-0.3, -0.25) is 4.79 Å². The van der Waals surface area contributed by atoms with Gasteiger partial charge in [-0.2, -0.15) is 0 Å². The van der Waals surface area contributed by atoms with Gasteiger partial charge in [-0.15, -0.1) is 0 Å². The molecular weight excluding hydrogens is 378 g/mol. The smallest absolute Gasteiger partial charge is 0.337 e. The second-order valence-corrected chi connectivity index (χ2v) is 7.05. The molecule has 0 radical (unpaired) electrons. The molecule has 1 aliphatic heterocycles. The number of fused-ring (bicyclic) bond motifs is 1.